The van der Waals surface area contributed by atoms with E-state index in [9.17, 15) is 9.59 Å². The van der Waals surface area contributed by atoms with E-state index >= 15 is 0 Å². The molecule has 0 aromatic rings. The minimum absolute atomic E-state index is 0.238. The lowest BCUT2D eigenvalue weighted by Crippen LogP contribution is -2.45. The zero-order chi connectivity index (χ0) is 12.4. The van der Waals surface area contributed by atoms with E-state index in [-0.39, 0.29) is 5.91 Å². The Morgan fingerprint density at radius 2 is 1.81 bits per heavy atom. The zero-order valence-corrected chi connectivity index (χ0v) is 10.3. The van der Waals surface area contributed by atoms with Crippen LogP contribution in [0.5, 0.6) is 0 Å². The normalized spacial score (nSPS) is 14.2. The monoisotopic (exact) mass is 227 g/mol. The van der Waals surface area contributed by atoms with Crippen LogP contribution in [0, 0.1) is 0 Å². The van der Waals surface area contributed by atoms with E-state index in [4.69, 9.17) is 5.73 Å². The summed E-state index contributed by atoms with van der Waals surface area (Å²) in [6, 6.07) is -1.00. The van der Waals surface area contributed by atoms with E-state index in [1.807, 2.05) is 20.1 Å². The maximum absolute atomic E-state index is 11.6. The summed E-state index contributed by atoms with van der Waals surface area (Å²) >= 11 is 0. The van der Waals surface area contributed by atoms with Gasteiger partial charge in [-0.2, -0.15) is 0 Å². The van der Waals surface area contributed by atoms with E-state index in [2.05, 4.69) is 5.32 Å². The molecule has 0 bridgehead atoms. The van der Waals surface area contributed by atoms with Crippen molar-refractivity contribution in [3.8, 4) is 0 Å². The number of amides is 1. The molecule has 1 radical (unpaired) electrons. The SMILES string of the molecule is CCCC[C@H]([C]=O)NC(=O)[C@@H](N)CCCC. The van der Waals surface area contributed by atoms with Crippen LogP contribution in [0.2, 0.25) is 0 Å². The van der Waals surface area contributed by atoms with E-state index in [0.717, 1.165) is 25.7 Å². The van der Waals surface area contributed by atoms with Gasteiger partial charge < -0.3 is 11.1 Å². The molecule has 0 unspecified atom stereocenters. The van der Waals surface area contributed by atoms with Gasteiger partial charge in [-0.15, -0.1) is 0 Å². The van der Waals surface area contributed by atoms with E-state index < -0.39 is 12.1 Å². The molecule has 0 aromatic heterocycles. The molecule has 2 atom stereocenters. The van der Waals surface area contributed by atoms with E-state index in [0.29, 0.717) is 12.8 Å². The van der Waals surface area contributed by atoms with Crippen molar-refractivity contribution in [2.75, 3.05) is 0 Å². The Morgan fingerprint density at radius 3 is 2.31 bits per heavy atom. The predicted molar refractivity (Wildman–Crippen MR) is 64.6 cm³/mol. The molecule has 0 rings (SSSR count). The third-order valence-corrected chi connectivity index (χ3v) is 2.51. The lowest BCUT2D eigenvalue weighted by molar-refractivity contribution is -0.122. The molecule has 0 spiro atoms. The first-order valence-corrected chi connectivity index (χ1v) is 6.09. The van der Waals surface area contributed by atoms with Crippen molar-refractivity contribution in [2.24, 2.45) is 5.73 Å². The molecular weight excluding hydrogens is 204 g/mol. The number of hydrogen-bond donors (Lipinski definition) is 2. The molecule has 0 saturated heterocycles. The van der Waals surface area contributed by atoms with E-state index in [1.165, 1.54) is 0 Å². The van der Waals surface area contributed by atoms with Crippen molar-refractivity contribution in [2.45, 2.75) is 64.5 Å². The fourth-order valence-electron chi connectivity index (χ4n) is 1.40. The summed E-state index contributed by atoms with van der Waals surface area (Å²) in [5, 5.41) is 2.62. The predicted octanol–water partition coefficient (Wildman–Crippen LogP) is 1.29. The molecule has 0 fully saturated rings. The summed E-state index contributed by atoms with van der Waals surface area (Å²) in [5.74, 6) is -0.238. The number of hydrogen-bond acceptors (Lipinski definition) is 3. The molecule has 0 aliphatic carbocycles. The van der Waals surface area contributed by atoms with Crippen LogP contribution in [-0.2, 0) is 9.59 Å². The zero-order valence-electron chi connectivity index (χ0n) is 10.3. The molecule has 4 nitrogen and oxygen atoms in total. The van der Waals surface area contributed by atoms with Gasteiger partial charge >= 0.3 is 0 Å². The fourth-order valence-corrected chi connectivity index (χ4v) is 1.40. The van der Waals surface area contributed by atoms with Crippen molar-refractivity contribution in [3.05, 3.63) is 0 Å². The average Bonchev–Trinajstić information content (AvgIpc) is 2.30. The quantitative estimate of drug-likeness (QED) is 0.623. The summed E-state index contributed by atoms with van der Waals surface area (Å²) in [6.07, 6.45) is 7.00. The number of unbranched alkanes of at least 4 members (excludes halogenated alkanes) is 2. The summed E-state index contributed by atoms with van der Waals surface area (Å²) in [7, 11) is 0. The van der Waals surface area contributed by atoms with Crippen LogP contribution in [0.3, 0.4) is 0 Å². The van der Waals surface area contributed by atoms with Crippen LogP contribution in [0.4, 0.5) is 0 Å². The van der Waals surface area contributed by atoms with Gasteiger partial charge in [0.2, 0.25) is 12.2 Å². The summed E-state index contributed by atoms with van der Waals surface area (Å²) in [6.45, 7) is 4.09. The largest absolute Gasteiger partial charge is 0.344 e. The van der Waals surface area contributed by atoms with Gasteiger partial charge in [-0.25, -0.2) is 0 Å². The van der Waals surface area contributed by atoms with Crippen LogP contribution in [0.15, 0.2) is 0 Å². The molecule has 0 heterocycles. The molecule has 1 amide bonds. The Balaban J connectivity index is 3.93. The highest BCUT2D eigenvalue weighted by Crippen LogP contribution is 2.01. The topological polar surface area (TPSA) is 72.2 Å². The minimum atomic E-state index is -0.502. The lowest BCUT2D eigenvalue weighted by atomic mass is 10.1. The lowest BCUT2D eigenvalue weighted by Gasteiger charge is -2.15. The van der Waals surface area contributed by atoms with Crippen LogP contribution in [0.25, 0.3) is 0 Å². The minimum Gasteiger partial charge on any atom is -0.344 e. The number of carbonyl (C=O) groups excluding carboxylic acids is 2. The van der Waals surface area contributed by atoms with Gasteiger partial charge in [-0.1, -0.05) is 39.5 Å². The summed E-state index contributed by atoms with van der Waals surface area (Å²) in [4.78, 5) is 22.2. The molecule has 0 aliphatic heterocycles. The molecule has 0 saturated carbocycles. The highest BCUT2D eigenvalue weighted by Gasteiger charge is 2.17. The van der Waals surface area contributed by atoms with Crippen molar-refractivity contribution >= 4 is 12.2 Å². The van der Waals surface area contributed by atoms with Crippen molar-refractivity contribution < 1.29 is 9.59 Å². The first-order chi connectivity index (χ1) is 7.65. The Labute approximate surface area is 98.0 Å². The highest BCUT2D eigenvalue weighted by atomic mass is 16.2. The first-order valence-electron chi connectivity index (χ1n) is 6.09. The number of carbonyl (C=O) groups is 1. The molecule has 16 heavy (non-hydrogen) atoms. The second kappa shape index (κ2) is 9.33. The smallest absolute Gasteiger partial charge is 0.237 e. The third kappa shape index (κ3) is 6.56. The molecule has 3 N–H and O–H groups in total. The second-order valence-corrected chi connectivity index (χ2v) is 4.07. The van der Waals surface area contributed by atoms with Gasteiger partial charge in [0.05, 0.1) is 12.1 Å². The Morgan fingerprint density at radius 1 is 1.25 bits per heavy atom. The Bertz CT molecular complexity index is 207. The molecule has 0 aliphatic rings. The van der Waals surface area contributed by atoms with Gasteiger partial charge in [0.15, 0.2) is 0 Å². The third-order valence-electron chi connectivity index (χ3n) is 2.51. The first kappa shape index (κ1) is 15.1. The van der Waals surface area contributed by atoms with Crippen LogP contribution in [-0.4, -0.2) is 24.3 Å². The van der Waals surface area contributed by atoms with Crippen molar-refractivity contribution in [1.82, 2.24) is 5.32 Å². The number of nitrogens with one attached hydrogen (secondary N) is 1. The second-order valence-electron chi connectivity index (χ2n) is 4.07. The van der Waals surface area contributed by atoms with Gasteiger partial charge in [-0.05, 0) is 12.8 Å². The number of nitrogens with two attached hydrogens (primary N) is 1. The molecule has 0 aromatic carbocycles. The Hall–Kier alpha value is -0.900. The van der Waals surface area contributed by atoms with Crippen molar-refractivity contribution in [1.29, 1.82) is 0 Å². The Kier molecular flexibility index (Phi) is 8.81. The van der Waals surface area contributed by atoms with Crippen molar-refractivity contribution in [3.63, 3.8) is 0 Å². The van der Waals surface area contributed by atoms with Crippen LogP contribution < -0.4 is 11.1 Å². The summed E-state index contributed by atoms with van der Waals surface area (Å²) < 4.78 is 0. The van der Waals surface area contributed by atoms with Gasteiger partial charge in [0.25, 0.3) is 0 Å². The molecule has 93 valence electrons. The van der Waals surface area contributed by atoms with Gasteiger partial charge in [0, 0.05) is 0 Å². The maximum atomic E-state index is 11.6. The average molecular weight is 227 g/mol. The van der Waals surface area contributed by atoms with E-state index in [1.54, 1.807) is 0 Å². The van der Waals surface area contributed by atoms with Crippen LogP contribution in [0.1, 0.15) is 52.4 Å². The maximum Gasteiger partial charge on any atom is 0.237 e. The van der Waals surface area contributed by atoms with Gasteiger partial charge in [-0.3, -0.25) is 9.59 Å². The van der Waals surface area contributed by atoms with Crippen LogP contribution >= 0.6 is 0 Å². The molecular formula is C12H23N2O2. The molecule has 4 heteroatoms. The summed E-state index contributed by atoms with van der Waals surface area (Å²) in [5.41, 5.74) is 5.69. The standard InChI is InChI=1S/C12H23N2O2/c1-3-5-7-10(9-15)14-12(16)11(13)8-6-4-2/h10-11H,3-8,13H2,1-2H3,(H,14,16)/t10-,11+/m1/s1. The highest BCUT2D eigenvalue weighted by molar-refractivity contribution is 5.84. The fraction of sp³-hybridized carbons (Fsp3) is 0.833. The number of rotatable bonds is 9. The van der Waals surface area contributed by atoms with Gasteiger partial charge in [0.1, 0.15) is 0 Å².